The topological polar surface area (TPSA) is 46.2 Å². The van der Waals surface area contributed by atoms with Gasteiger partial charge >= 0.3 is 0 Å². The Balaban J connectivity index is 0.000000151. The number of carbonyl (C=O) groups is 2. The van der Waals surface area contributed by atoms with E-state index in [4.69, 9.17) is 0 Å². The van der Waals surface area contributed by atoms with Crippen molar-refractivity contribution < 1.29 is 9.59 Å². The summed E-state index contributed by atoms with van der Waals surface area (Å²) in [5, 5.41) is 2.03. The van der Waals surface area contributed by atoms with Gasteiger partial charge in [0.05, 0.1) is 0 Å². The van der Waals surface area contributed by atoms with E-state index in [2.05, 4.69) is 11.8 Å². The minimum atomic E-state index is -0.329. The maximum absolute atomic E-state index is 10.0. The Morgan fingerprint density at radius 3 is 1.67 bits per heavy atom. The first-order valence-corrected chi connectivity index (χ1v) is 5.28. The molecule has 1 aliphatic heterocycles. The molecule has 2 rings (SSSR count). The highest BCUT2D eigenvalue weighted by Crippen LogP contribution is 2.06. The van der Waals surface area contributed by atoms with Crippen molar-refractivity contribution in [3.8, 4) is 11.8 Å². The molecule has 0 aromatic rings. The first kappa shape index (κ1) is 11.5. The van der Waals surface area contributed by atoms with Gasteiger partial charge in [0, 0.05) is 25.0 Å². The summed E-state index contributed by atoms with van der Waals surface area (Å²) in [6.45, 7) is 0. The lowest BCUT2D eigenvalue weighted by Crippen LogP contribution is -2.19. The van der Waals surface area contributed by atoms with Crippen LogP contribution in [0.15, 0.2) is 12.2 Å². The van der Waals surface area contributed by atoms with Crippen LogP contribution in [0.2, 0.25) is 0 Å². The van der Waals surface area contributed by atoms with Crippen LogP contribution in [0.1, 0.15) is 38.5 Å². The molecule has 15 heavy (non-hydrogen) atoms. The highest BCUT2D eigenvalue weighted by molar-refractivity contribution is 6.12. The second-order valence-corrected chi connectivity index (χ2v) is 3.45. The summed E-state index contributed by atoms with van der Waals surface area (Å²) < 4.78 is 0. The van der Waals surface area contributed by atoms with Crippen LogP contribution in [0.4, 0.5) is 0 Å². The SMILES string of the molecule is C1#CCCCCCC1.O=C1C=CC(=O)N1. The lowest BCUT2D eigenvalue weighted by molar-refractivity contribution is -0.123. The van der Waals surface area contributed by atoms with Crippen LogP contribution in [0, 0.1) is 11.8 Å². The molecule has 1 N–H and O–H groups in total. The monoisotopic (exact) mass is 205 g/mol. The largest absolute Gasteiger partial charge is 0.289 e. The molecule has 3 heteroatoms. The van der Waals surface area contributed by atoms with E-state index in [1.165, 1.54) is 37.8 Å². The maximum Gasteiger partial charge on any atom is 0.250 e. The van der Waals surface area contributed by atoms with Crippen molar-refractivity contribution in [2.75, 3.05) is 0 Å². The fourth-order valence-corrected chi connectivity index (χ4v) is 1.31. The Bertz CT molecular complexity index is 292. The summed E-state index contributed by atoms with van der Waals surface area (Å²) in [7, 11) is 0. The third kappa shape index (κ3) is 5.69. The van der Waals surface area contributed by atoms with Crippen LogP contribution in [0.25, 0.3) is 0 Å². The molecule has 80 valence electrons. The summed E-state index contributed by atoms with van der Waals surface area (Å²) in [5.74, 6) is 5.62. The number of rotatable bonds is 0. The third-order valence-corrected chi connectivity index (χ3v) is 2.11. The van der Waals surface area contributed by atoms with Crippen molar-refractivity contribution in [1.29, 1.82) is 0 Å². The molecule has 2 amide bonds. The van der Waals surface area contributed by atoms with Gasteiger partial charge in [0.25, 0.3) is 11.8 Å². The molecular formula is C12H15NO2. The zero-order chi connectivity index (χ0) is 10.9. The Hall–Kier alpha value is -1.56. The lowest BCUT2D eigenvalue weighted by atomic mass is 10.1. The number of hydrogen-bond acceptors (Lipinski definition) is 2. The first-order chi connectivity index (χ1) is 7.29. The molecular weight excluding hydrogens is 190 g/mol. The van der Waals surface area contributed by atoms with Crippen LogP contribution in [-0.4, -0.2) is 11.8 Å². The fraction of sp³-hybridized carbons (Fsp3) is 0.500. The summed E-state index contributed by atoms with van der Waals surface area (Å²) in [4.78, 5) is 20.1. The van der Waals surface area contributed by atoms with Gasteiger partial charge in [0.2, 0.25) is 0 Å². The van der Waals surface area contributed by atoms with Crippen LogP contribution < -0.4 is 5.32 Å². The number of amides is 2. The van der Waals surface area contributed by atoms with Crippen LogP contribution in [-0.2, 0) is 9.59 Å². The van der Waals surface area contributed by atoms with Crippen molar-refractivity contribution in [2.24, 2.45) is 0 Å². The molecule has 0 atom stereocenters. The van der Waals surface area contributed by atoms with Crippen LogP contribution >= 0.6 is 0 Å². The van der Waals surface area contributed by atoms with Gasteiger partial charge in [-0.1, -0.05) is 12.8 Å². The van der Waals surface area contributed by atoms with Crippen LogP contribution in [0.3, 0.4) is 0 Å². The molecule has 0 bridgehead atoms. The molecule has 0 unspecified atom stereocenters. The second kappa shape index (κ2) is 6.83. The molecule has 0 aromatic heterocycles. The van der Waals surface area contributed by atoms with E-state index in [0.717, 1.165) is 12.8 Å². The van der Waals surface area contributed by atoms with Gasteiger partial charge in [0.1, 0.15) is 0 Å². The van der Waals surface area contributed by atoms with Gasteiger partial charge in [-0.25, -0.2) is 0 Å². The van der Waals surface area contributed by atoms with Gasteiger partial charge in [-0.05, 0) is 12.8 Å². The smallest absolute Gasteiger partial charge is 0.250 e. The average Bonchev–Trinajstić information content (AvgIpc) is 2.49. The zero-order valence-electron chi connectivity index (χ0n) is 8.71. The Morgan fingerprint density at radius 1 is 0.867 bits per heavy atom. The molecule has 1 aliphatic carbocycles. The Morgan fingerprint density at radius 2 is 1.33 bits per heavy atom. The average molecular weight is 205 g/mol. The van der Waals surface area contributed by atoms with Gasteiger partial charge in [0.15, 0.2) is 0 Å². The maximum atomic E-state index is 10.0. The van der Waals surface area contributed by atoms with Crippen molar-refractivity contribution in [2.45, 2.75) is 38.5 Å². The van der Waals surface area contributed by atoms with Crippen molar-refractivity contribution >= 4 is 11.8 Å². The molecule has 0 radical (unpaired) electrons. The predicted molar refractivity (Wildman–Crippen MR) is 57.8 cm³/mol. The highest BCUT2D eigenvalue weighted by atomic mass is 16.2. The van der Waals surface area contributed by atoms with Crippen molar-refractivity contribution in [3.63, 3.8) is 0 Å². The van der Waals surface area contributed by atoms with E-state index < -0.39 is 0 Å². The Labute approximate surface area is 89.9 Å². The van der Waals surface area contributed by atoms with E-state index in [0.29, 0.717) is 0 Å². The van der Waals surface area contributed by atoms with Crippen LogP contribution in [0.5, 0.6) is 0 Å². The summed E-state index contributed by atoms with van der Waals surface area (Å²) >= 11 is 0. The predicted octanol–water partition coefficient (Wildman–Crippen LogP) is 1.54. The minimum absolute atomic E-state index is 0.329. The molecule has 0 saturated carbocycles. The molecule has 0 aromatic carbocycles. The number of hydrogen-bond donors (Lipinski definition) is 1. The number of carbonyl (C=O) groups excluding carboxylic acids is 2. The normalized spacial score (nSPS) is 18.9. The summed E-state index contributed by atoms with van der Waals surface area (Å²) in [6.07, 6.45) is 10.1. The Kier molecular flexibility index (Phi) is 5.24. The highest BCUT2D eigenvalue weighted by Gasteiger charge is 2.06. The van der Waals surface area contributed by atoms with Crippen molar-refractivity contribution in [1.82, 2.24) is 5.32 Å². The molecule has 0 spiro atoms. The fourth-order valence-electron chi connectivity index (χ4n) is 1.31. The quantitative estimate of drug-likeness (QED) is 0.481. The number of nitrogens with one attached hydrogen (secondary N) is 1. The van der Waals surface area contributed by atoms with Gasteiger partial charge in [-0.2, -0.15) is 0 Å². The molecule has 1 heterocycles. The van der Waals surface area contributed by atoms with E-state index in [9.17, 15) is 9.59 Å². The third-order valence-electron chi connectivity index (χ3n) is 2.11. The van der Waals surface area contributed by atoms with Gasteiger partial charge < -0.3 is 0 Å². The standard InChI is InChI=1S/C8H12.C4H3NO2/c1-2-4-6-8-7-5-3-1;6-3-1-2-4(7)5-3/h1-6H2;1-2H,(H,5,6,7). The molecule has 3 nitrogen and oxygen atoms in total. The lowest BCUT2D eigenvalue weighted by Gasteiger charge is -1.97. The first-order valence-electron chi connectivity index (χ1n) is 5.28. The van der Waals surface area contributed by atoms with Gasteiger partial charge in [-0.15, -0.1) is 11.8 Å². The molecule has 0 fully saturated rings. The summed E-state index contributed by atoms with van der Waals surface area (Å²) in [5.41, 5.74) is 0. The minimum Gasteiger partial charge on any atom is -0.289 e. The van der Waals surface area contributed by atoms with E-state index in [1.807, 2.05) is 5.32 Å². The van der Waals surface area contributed by atoms with E-state index >= 15 is 0 Å². The van der Waals surface area contributed by atoms with Crippen molar-refractivity contribution in [3.05, 3.63) is 12.2 Å². The molecule has 0 saturated heterocycles. The zero-order valence-corrected chi connectivity index (χ0v) is 8.71. The van der Waals surface area contributed by atoms with E-state index in [1.54, 1.807) is 0 Å². The van der Waals surface area contributed by atoms with Gasteiger partial charge in [-0.3, -0.25) is 14.9 Å². The number of imide groups is 1. The van der Waals surface area contributed by atoms with E-state index in [-0.39, 0.29) is 11.8 Å². The molecule has 2 aliphatic rings. The second-order valence-electron chi connectivity index (χ2n) is 3.45. The summed E-state index contributed by atoms with van der Waals surface area (Å²) in [6, 6.07) is 0.